The number of nitrogens with one attached hydrogen (secondary N) is 1. The first kappa shape index (κ1) is 10.7. The van der Waals surface area contributed by atoms with Crippen molar-refractivity contribution >= 4 is 0 Å². The molecule has 2 heteroatoms. The van der Waals surface area contributed by atoms with Gasteiger partial charge in [0, 0.05) is 6.04 Å². The summed E-state index contributed by atoms with van der Waals surface area (Å²) in [4.78, 5) is 0. The summed E-state index contributed by atoms with van der Waals surface area (Å²) < 4.78 is 5.99. The second kappa shape index (κ2) is 4.77. The van der Waals surface area contributed by atoms with Crippen molar-refractivity contribution in [1.82, 2.24) is 5.32 Å². The molecule has 82 valence electrons. The molecule has 1 aromatic carbocycles. The van der Waals surface area contributed by atoms with E-state index in [9.17, 15) is 0 Å². The second-order valence-corrected chi connectivity index (χ2v) is 4.20. The Labute approximate surface area is 91.6 Å². The van der Waals surface area contributed by atoms with Crippen LogP contribution < -0.4 is 5.32 Å². The minimum atomic E-state index is 0.211. The van der Waals surface area contributed by atoms with Crippen molar-refractivity contribution in [1.29, 1.82) is 0 Å². The molecule has 1 aromatic rings. The number of hydrogen-bond donors (Lipinski definition) is 1. The molecule has 1 aliphatic rings. The number of rotatable bonds is 3. The lowest BCUT2D eigenvalue weighted by molar-refractivity contribution is 0.0320. The zero-order valence-corrected chi connectivity index (χ0v) is 9.44. The summed E-state index contributed by atoms with van der Waals surface area (Å²) in [5.74, 6) is 0. The number of ether oxygens (including phenoxy) is 1. The third-order valence-corrected chi connectivity index (χ3v) is 2.89. The molecular weight excluding hydrogens is 186 g/mol. The van der Waals surface area contributed by atoms with Crippen LogP contribution in [-0.2, 0) is 4.74 Å². The van der Waals surface area contributed by atoms with Crippen molar-refractivity contribution in [2.45, 2.75) is 45.1 Å². The van der Waals surface area contributed by atoms with Gasteiger partial charge in [-0.2, -0.15) is 0 Å². The number of hydrogen-bond acceptors (Lipinski definition) is 2. The van der Waals surface area contributed by atoms with E-state index in [4.69, 9.17) is 4.74 Å². The molecule has 1 N–H and O–H groups in total. The Kier molecular flexibility index (Phi) is 3.39. The third kappa shape index (κ3) is 2.39. The number of benzene rings is 1. The fraction of sp³-hybridized carbons (Fsp3) is 0.538. The summed E-state index contributed by atoms with van der Waals surface area (Å²) in [5, 5.41) is 3.48. The van der Waals surface area contributed by atoms with Crippen LogP contribution in [0.3, 0.4) is 0 Å². The third-order valence-electron chi connectivity index (χ3n) is 2.89. The van der Waals surface area contributed by atoms with E-state index in [1.165, 1.54) is 5.56 Å². The van der Waals surface area contributed by atoms with E-state index in [-0.39, 0.29) is 12.3 Å². The van der Waals surface area contributed by atoms with Crippen molar-refractivity contribution in [3.8, 4) is 0 Å². The summed E-state index contributed by atoms with van der Waals surface area (Å²) in [5.41, 5.74) is 1.27. The highest BCUT2D eigenvalue weighted by Crippen LogP contribution is 2.29. The van der Waals surface area contributed by atoms with E-state index < -0.39 is 0 Å². The molecule has 1 heterocycles. The van der Waals surface area contributed by atoms with Gasteiger partial charge in [-0.3, -0.25) is 5.32 Å². The van der Waals surface area contributed by atoms with Gasteiger partial charge in [0.25, 0.3) is 0 Å². The fourth-order valence-electron chi connectivity index (χ4n) is 2.14. The molecule has 2 nitrogen and oxygen atoms in total. The van der Waals surface area contributed by atoms with Gasteiger partial charge in [0.15, 0.2) is 0 Å². The molecular formula is C13H19NO. The zero-order valence-electron chi connectivity index (χ0n) is 9.44. The van der Waals surface area contributed by atoms with Crippen LogP contribution in [0.15, 0.2) is 30.3 Å². The minimum Gasteiger partial charge on any atom is -0.354 e. The highest BCUT2D eigenvalue weighted by molar-refractivity contribution is 5.19. The second-order valence-electron chi connectivity index (χ2n) is 4.20. The van der Waals surface area contributed by atoms with Crippen LogP contribution in [0.4, 0.5) is 0 Å². The molecule has 0 unspecified atom stereocenters. The Morgan fingerprint density at radius 1 is 1.27 bits per heavy atom. The van der Waals surface area contributed by atoms with E-state index in [0.29, 0.717) is 6.04 Å². The Morgan fingerprint density at radius 3 is 2.67 bits per heavy atom. The molecule has 15 heavy (non-hydrogen) atoms. The molecule has 0 saturated carbocycles. The van der Waals surface area contributed by atoms with Gasteiger partial charge in [-0.05, 0) is 18.9 Å². The van der Waals surface area contributed by atoms with Gasteiger partial charge in [0.2, 0.25) is 0 Å². The van der Waals surface area contributed by atoms with Gasteiger partial charge in [0.1, 0.15) is 6.23 Å². The first-order valence-corrected chi connectivity index (χ1v) is 5.77. The van der Waals surface area contributed by atoms with Crippen LogP contribution in [0.25, 0.3) is 0 Å². The normalized spacial score (nSPS) is 30.7. The van der Waals surface area contributed by atoms with Gasteiger partial charge in [-0.15, -0.1) is 0 Å². The van der Waals surface area contributed by atoms with Crippen LogP contribution in [0.1, 0.15) is 38.4 Å². The monoisotopic (exact) mass is 205 g/mol. The quantitative estimate of drug-likeness (QED) is 0.819. The standard InChI is InChI=1S/C13H19NO/c1-3-7-12-14-10(2)13(15-12)11-8-5-4-6-9-11/h4-6,8-10,12-14H,3,7H2,1-2H3/t10-,12-,13-/m1/s1. The maximum absolute atomic E-state index is 5.99. The summed E-state index contributed by atoms with van der Waals surface area (Å²) in [6, 6.07) is 10.9. The van der Waals surface area contributed by atoms with Crippen molar-refractivity contribution in [2.24, 2.45) is 0 Å². The molecule has 2 rings (SSSR count). The van der Waals surface area contributed by atoms with Crippen LogP contribution in [0.5, 0.6) is 0 Å². The molecule has 1 saturated heterocycles. The molecule has 1 fully saturated rings. The van der Waals surface area contributed by atoms with Gasteiger partial charge < -0.3 is 4.74 Å². The lowest BCUT2D eigenvalue weighted by Crippen LogP contribution is -2.28. The average molecular weight is 205 g/mol. The van der Waals surface area contributed by atoms with E-state index in [2.05, 4.69) is 43.4 Å². The first-order valence-electron chi connectivity index (χ1n) is 5.77. The molecule has 0 bridgehead atoms. The average Bonchev–Trinajstić information content (AvgIpc) is 2.61. The highest BCUT2D eigenvalue weighted by atomic mass is 16.5. The fourth-order valence-corrected chi connectivity index (χ4v) is 2.14. The van der Waals surface area contributed by atoms with Gasteiger partial charge in [-0.1, -0.05) is 43.7 Å². The Hall–Kier alpha value is -0.860. The highest BCUT2D eigenvalue weighted by Gasteiger charge is 2.31. The SMILES string of the molecule is CCC[C@@H]1N[C@H](C)[C@H](c2ccccc2)O1. The molecule has 0 amide bonds. The predicted molar refractivity (Wildman–Crippen MR) is 61.6 cm³/mol. The van der Waals surface area contributed by atoms with E-state index in [1.807, 2.05) is 6.07 Å². The minimum absolute atomic E-state index is 0.211. The van der Waals surface area contributed by atoms with Gasteiger partial charge in [0.05, 0.1) is 6.10 Å². The van der Waals surface area contributed by atoms with Crippen molar-refractivity contribution < 1.29 is 4.74 Å². The van der Waals surface area contributed by atoms with E-state index in [0.717, 1.165) is 12.8 Å². The van der Waals surface area contributed by atoms with Crippen LogP contribution in [0, 0.1) is 0 Å². The largest absolute Gasteiger partial charge is 0.354 e. The Balaban J connectivity index is 2.05. The zero-order chi connectivity index (χ0) is 10.7. The van der Waals surface area contributed by atoms with Crippen molar-refractivity contribution in [3.63, 3.8) is 0 Å². The molecule has 0 spiro atoms. The van der Waals surface area contributed by atoms with E-state index in [1.54, 1.807) is 0 Å². The summed E-state index contributed by atoms with van der Waals surface area (Å²) in [6.07, 6.45) is 2.69. The molecule has 1 aliphatic heterocycles. The van der Waals surface area contributed by atoms with Crippen molar-refractivity contribution in [3.05, 3.63) is 35.9 Å². The lowest BCUT2D eigenvalue weighted by atomic mass is 10.0. The maximum Gasteiger partial charge on any atom is 0.109 e. The Bertz CT molecular complexity index is 299. The summed E-state index contributed by atoms with van der Waals surface area (Å²) >= 11 is 0. The van der Waals surface area contributed by atoms with Crippen LogP contribution >= 0.6 is 0 Å². The van der Waals surface area contributed by atoms with Crippen molar-refractivity contribution in [2.75, 3.05) is 0 Å². The Morgan fingerprint density at radius 2 is 2.00 bits per heavy atom. The van der Waals surface area contributed by atoms with E-state index >= 15 is 0 Å². The summed E-state index contributed by atoms with van der Waals surface area (Å²) in [6.45, 7) is 4.37. The van der Waals surface area contributed by atoms with Gasteiger partial charge in [-0.25, -0.2) is 0 Å². The molecule has 3 atom stereocenters. The summed E-state index contributed by atoms with van der Waals surface area (Å²) in [7, 11) is 0. The lowest BCUT2D eigenvalue weighted by Gasteiger charge is -2.14. The predicted octanol–water partition coefficient (Wildman–Crippen LogP) is 2.86. The maximum atomic E-state index is 5.99. The first-order chi connectivity index (χ1) is 7.31. The van der Waals surface area contributed by atoms with Crippen LogP contribution in [0.2, 0.25) is 0 Å². The van der Waals surface area contributed by atoms with Gasteiger partial charge >= 0.3 is 0 Å². The molecule has 0 radical (unpaired) electrons. The molecule has 0 aromatic heterocycles. The topological polar surface area (TPSA) is 21.3 Å². The molecule has 0 aliphatic carbocycles. The van der Waals surface area contributed by atoms with Crippen LogP contribution in [-0.4, -0.2) is 12.3 Å². The smallest absolute Gasteiger partial charge is 0.109 e.